The molecule has 19 heavy (non-hydrogen) atoms. The summed E-state index contributed by atoms with van der Waals surface area (Å²) in [5.41, 5.74) is 0.845. The predicted octanol–water partition coefficient (Wildman–Crippen LogP) is 1.30. The maximum atomic E-state index is 12.5. The fraction of sp³-hybridized carbons (Fsp3) is 0.786. The average Bonchev–Trinajstić information content (AvgIpc) is 2.62. The van der Waals surface area contributed by atoms with E-state index in [4.69, 9.17) is 0 Å². The second kappa shape index (κ2) is 5.41. The lowest BCUT2D eigenvalue weighted by Crippen LogP contribution is -2.47. The fourth-order valence-electron chi connectivity index (χ4n) is 2.59. The maximum absolute atomic E-state index is 12.5. The number of carbonyl (C=O) groups is 1. The highest BCUT2D eigenvalue weighted by atomic mass is 16.2. The normalized spacial score (nSPS) is 30.4. The molecule has 1 saturated heterocycles. The molecule has 1 N–H and O–H groups in total. The third kappa shape index (κ3) is 3.03. The van der Waals surface area contributed by atoms with E-state index in [1.54, 1.807) is 0 Å². The first-order chi connectivity index (χ1) is 8.94. The fourth-order valence-corrected chi connectivity index (χ4v) is 2.59. The van der Waals surface area contributed by atoms with Gasteiger partial charge in [-0.3, -0.25) is 4.79 Å². The van der Waals surface area contributed by atoms with E-state index in [-0.39, 0.29) is 17.4 Å². The summed E-state index contributed by atoms with van der Waals surface area (Å²) < 4.78 is 0. The van der Waals surface area contributed by atoms with Crippen molar-refractivity contribution < 1.29 is 4.79 Å². The van der Waals surface area contributed by atoms with Crippen molar-refractivity contribution in [2.45, 2.75) is 39.7 Å². The van der Waals surface area contributed by atoms with Gasteiger partial charge in [-0.15, -0.1) is 0 Å². The van der Waals surface area contributed by atoms with Crippen LogP contribution in [0.1, 0.15) is 33.6 Å². The Balaban J connectivity index is 2.09. The van der Waals surface area contributed by atoms with E-state index >= 15 is 0 Å². The van der Waals surface area contributed by atoms with E-state index in [2.05, 4.69) is 36.3 Å². The summed E-state index contributed by atoms with van der Waals surface area (Å²) in [6, 6.07) is -0.0662. The summed E-state index contributed by atoms with van der Waals surface area (Å²) in [5.74, 6) is 0.762. The van der Waals surface area contributed by atoms with Crippen LogP contribution in [0.5, 0.6) is 0 Å². The van der Waals surface area contributed by atoms with Crippen molar-refractivity contribution in [3.8, 4) is 0 Å². The van der Waals surface area contributed by atoms with Crippen molar-refractivity contribution in [2.75, 3.05) is 20.1 Å². The zero-order valence-corrected chi connectivity index (χ0v) is 12.3. The standard InChI is InChI=1S/C14H24N4O/c1-10-5-6-18(13(19)11(7-10)15-4)8-12-14(2,3)9-16-17-12/h9-11,15H,5-8H2,1-4H3. The molecule has 5 heteroatoms. The number of rotatable bonds is 3. The van der Waals surface area contributed by atoms with E-state index < -0.39 is 0 Å². The highest BCUT2D eigenvalue weighted by molar-refractivity contribution is 6.07. The molecule has 1 amide bonds. The van der Waals surface area contributed by atoms with Crippen molar-refractivity contribution in [1.29, 1.82) is 0 Å². The lowest BCUT2D eigenvalue weighted by molar-refractivity contribution is -0.132. The molecule has 0 bridgehead atoms. The molecular formula is C14H24N4O. The average molecular weight is 264 g/mol. The van der Waals surface area contributed by atoms with Gasteiger partial charge in [0.25, 0.3) is 0 Å². The quantitative estimate of drug-likeness (QED) is 0.835. The van der Waals surface area contributed by atoms with Crippen LogP contribution in [-0.4, -0.2) is 48.9 Å². The molecule has 0 saturated carbocycles. The number of hydrogen-bond donors (Lipinski definition) is 1. The summed E-state index contributed by atoms with van der Waals surface area (Å²) in [7, 11) is 1.86. The van der Waals surface area contributed by atoms with Crippen LogP contribution in [-0.2, 0) is 4.79 Å². The molecule has 2 aliphatic heterocycles. The molecular weight excluding hydrogens is 240 g/mol. The van der Waals surface area contributed by atoms with E-state index in [0.29, 0.717) is 12.5 Å². The minimum Gasteiger partial charge on any atom is -0.336 e. The van der Waals surface area contributed by atoms with Gasteiger partial charge in [0, 0.05) is 18.2 Å². The van der Waals surface area contributed by atoms with Gasteiger partial charge in [0.15, 0.2) is 0 Å². The Hall–Kier alpha value is -1.23. The Bertz CT molecular complexity index is 414. The molecule has 2 rings (SSSR count). The molecule has 2 unspecified atom stereocenters. The monoisotopic (exact) mass is 264 g/mol. The molecule has 0 spiro atoms. The first kappa shape index (κ1) is 14.2. The van der Waals surface area contributed by atoms with Crippen LogP contribution < -0.4 is 5.32 Å². The highest BCUT2D eigenvalue weighted by Gasteiger charge is 2.33. The first-order valence-electron chi connectivity index (χ1n) is 7.01. The third-order valence-corrected chi connectivity index (χ3v) is 4.13. The number of amides is 1. The summed E-state index contributed by atoms with van der Waals surface area (Å²) in [6.45, 7) is 7.79. The summed E-state index contributed by atoms with van der Waals surface area (Å²) in [4.78, 5) is 14.4. The molecule has 2 aliphatic rings. The Morgan fingerprint density at radius 1 is 1.53 bits per heavy atom. The predicted molar refractivity (Wildman–Crippen MR) is 77.5 cm³/mol. The molecule has 1 fully saturated rings. The van der Waals surface area contributed by atoms with Gasteiger partial charge in [-0.1, -0.05) is 6.92 Å². The minimum absolute atomic E-state index is 0.0662. The van der Waals surface area contributed by atoms with Gasteiger partial charge in [0.05, 0.1) is 18.3 Å². The van der Waals surface area contributed by atoms with Gasteiger partial charge in [0.2, 0.25) is 5.91 Å². The van der Waals surface area contributed by atoms with Crippen LogP contribution in [0, 0.1) is 11.3 Å². The molecule has 0 aliphatic carbocycles. The second-order valence-corrected chi connectivity index (χ2v) is 6.24. The Morgan fingerprint density at radius 2 is 2.26 bits per heavy atom. The van der Waals surface area contributed by atoms with Crippen LogP contribution in [0.15, 0.2) is 10.2 Å². The van der Waals surface area contributed by atoms with Gasteiger partial charge in [-0.25, -0.2) is 0 Å². The minimum atomic E-state index is -0.132. The largest absolute Gasteiger partial charge is 0.336 e. The zero-order chi connectivity index (χ0) is 14.0. The van der Waals surface area contributed by atoms with Gasteiger partial charge in [0.1, 0.15) is 0 Å². The number of carbonyl (C=O) groups excluding carboxylic acids is 1. The Labute approximate surface area is 115 Å². The second-order valence-electron chi connectivity index (χ2n) is 6.24. The van der Waals surface area contributed by atoms with E-state index in [1.807, 2.05) is 18.2 Å². The van der Waals surface area contributed by atoms with Crippen molar-refractivity contribution in [2.24, 2.45) is 21.5 Å². The van der Waals surface area contributed by atoms with Crippen molar-refractivity contribution in [1.82, 2.24) is 10.2 Å². The number of likely N-dealkylation sites (N-methyl/N-ethyl adjacent to an activating group) is 1. The van der Waals surface area contributed by atoms with Crippen LogP contribution in [0.25, 0.3) is 0 Å². The van der Waals surface area contributed by atoms with Crippen molar-refractivity contribution in [3.63, 3.8) is 0 Å². The SMILES string of the molecule is CNC1CC(C)CCN(CC2=NN=CC2(C)C)C1=O. The van der Waals surface area contributed by atoms with E-state index in [0.717, 1.165) is 25.1 Å². The van der Waals surface area contributed by atoms with Crippen LogP contribution in [0.2, 0.25) is 0 Å². The van der Waals surface area contributed by atoms with Gasteiger partial charge in [-0.2, -0.15) is 10.2 Å². The summed E-state index contributed by atoms with van der Waals surface area (Å²) >= 11 is 0. The van der Waals surface area contributed by atoms with Crippen molar-refractivity contribution >= 4 is 17.8 Å². The lowest BCUT2D eigenvalue weighted by Gasteiger charge is -2.27. The van der Waals surface area contributed by atoms with Crippen LogP contribution in [0.3, 0.4) is 0 Å². The smallest absolute Gasteiger partial charge is 0.240 e. The number of nitrogens with zero attached hydrogens (tertiary/aromatic N) is 3. The highest BCUT2D eigenvalue weighted by Crippen LogP contribution is 2.23. The van der Waals surface area contributed by atoms with Crippen LogP contribution in [0.4, 0.5) is 0 Å². The van der Waals surface area contributed by atoms with Crippen LogP contribution >= 0.6 is 0 Å². The van der Waals surface area contributed by atoms with Gasteiger partial charge in [-0.05, 0) is 39.7 Å². The first-order valence-corrected chi connectivity index (χ1v) is 7.01. The van der Waals surface area contributed by atoms with E-state index in [1.165, 1.54) is 0 Å². The third-order valence-electron chi connectivity index (χ3n) is 4.13. The molecule has 0 aromatic heterocycles. The molecule has 0 aromatic carbocycles. The number of likely N-dealkylation sites (tertiary alicyclic amines) is 1. The van der Waals surface area contributed by atoms with E-state index in [9.17, 15) is 4.79 Å². The summed E-state index contributed by atoms with van der Waals surface area (Å²) in [5, 5.41) is 11.3. The number of nitrogens with one attached hydrogen (secondary N) is 1. The molecule has 0 radical (unpaired) electrons. The van der Waals surface area contributed by atoms with Gasteiger partial charge >= 0.3 is 0 Å². The maximum Gasteiger partial charge on any atom is 0.240 e. The van der Waals surface area contributed by atoms with Crippen molar-refractivity contribution in [3.05, 3.63) is 0 Å². The molecule has 0 aromatic rings. The lowest BCUT2D eigenvalue weighted by atomic mass is 9.89. The topological polar surface area (TPSA) is 57.1 Å². The number of hydrogen-bond acceptors (Lipinski definition) is 4. The molecule has 5 nitrogen and oxygen atoms in total. The molecule has 2 atom stereocenters. The molecule has 2 heterocycles. The van der Waals surface area contributed by atoms with Gasteiger partial charge < -0.3 is 10.2 Å². The Kier molecular flexibility index (Phi) is 4.04. The molecule has 106 valence electrons. The summed E-state index contributed by atoms with van der Waals surface area (Å²) in [6.07, 6.45) is 3.82. The zero-order valence-electron chi connectivity index (χ0n) is 12.3. The Morgan fingerprint density at radius 3 is 2.84 bits per heavy atom.